The lowest BCUT2D eigenvalue weighted by Gasteiger charge is -2.09. The summed E-state index contributed by atoms with van der Waals surface area (Å²) < 4.78 is 7.68. The van der Waals surface area contributed by atoms with Crippen molar-refractivity contribution in [2.24, 2.45) is 0 Å². The third-order valence-electron chi connectivity index (χ3n) is 6.45. The van der Waals surface area contributed by atoms with E-state index in [0.29, 0.717) is 0 Å². The average Bonchev–Trinajstić information content (AvgIpc) is 3.52. The third kappa shape index (κ3) is 1.99. The predicted octanol–water partition coefficient (Wildman–Crippen LogP) is 8.38. The largest absolute Gasteiger partial charge is 0.298 e. The Balaban J connectivity index is 1.62. The lowest BCUT2D eigenvalue weighted by atomic mass is 10.0. The number of nitrogens with zero attached hydrogens (tertiary/aromatic N) is 2. The van der Waals surface area contributed by atoms with Crippen LogP contribution in [0.25, 0.3) is 67.7 Å². The standard InChI is InChI=1S/C27H14N2S2/c1-2-7-19-15(5-1)17-9-10-18-21-13-20-16-6-3-4-8-22(16)30-23(20)14-24(21)31-26(18)25(17)29-12-11-28-27(19)29/h1-14H. The van der Waals surface area contributed by atoms with Gasteiger partial charge < -0.3 is 0 Å². The van der Waals surface area contributed by atoms with Crippen LogP contribution in [0.4, 0.5) is 0 Å². The van der Waals surface area contributed by atoms with Gasteiger partial charge in [-0.15, -0.1) is 22.7 Å². The highest BCUT2D eigenvalue weighted by molar-refractivity contribution is 7.28. The van der Waals surface area contributed by atoms with Crippen LogP contribution in [-0.4, -0.2) is 9.38 Å². The first kappa shape index (κ1) is 16.3. The lowest BCUT2D eigenvalue weighted by molar-refractivity contribution is 1.28. The van der Waals surface area contributed by atoms with Gasteiger partial charge in [0.25, 0.3) is 0 Å². The molecule has 0 saturated heterocycles. The molecule has 4 heteroatoms. The van der Waals surface area contributed by atoms with Crippen molar-refractivity contribution < 1.29 is 0 Å². The SMILES string of the molecule is c1ccc2c(c1)sc1cc3sc4c(ccc5c6ccccc6c6nccn6c54)c3cc12. The highest BCUT2D eigenvalue weighted by Gasteiger charge is 2.16. The number of benzene rings is 4. The summed E-state index contributed by atoms with van der Waals surface area (Å²) in [6, 6.07) is 26.7. The molecule has 4 heterocycles. The van der Waals surface area contributed by atoms with Gasteiger partial charge >= 0.3 is 0 Å². The van der Waals surface area contributed by atoms with Crippen molar-refractivity contribution >= 4 is 90.3 Å². The summed E-state index contributed by atoms with van der Waals surface area (Å²) in [6.07, 6.45) is 4.01. The van der Waals surface area contributed by atoms with Crippen LogP contribution >= 0.6 is 22.7 Å². The number of aromatic nitrogens is 2. The molecule has 0 bridgehead atoms. The first-order valence-electron chi connectivity index (χ1n) is 10.3. The molecule has 0 spiro atoms. The van der Waals surface area contributed by atoms with Gasteiger partial charge in [0, 0.05) is 58.8 Å². The van der Waals surface area contributed by atoms with Gasteiger partial charge in [-0.2, -0.15) is 0 Å². The average molecular weight is 431 g/mol. The van der Waals surface area contributed by atoms with Gasteiger partial charge in [0.15, 0.2) is 0 Å². The molecule has 0 amide bonds. The zero-order valence-electron chi connectivity index (χ0n) is 16.3. The van der Waals surface area contributed by atoms with Gasteiger partial charge in [-0.3, -0.25) is 4.40 Å². The monoisotopic (exact) mass is 430 g/mol. The Bertz CT molecular complexity index is 2000. The maximum Gasteiger partial charge on any atom is 0.145 e. The minimum absolute atomic E-state index is 1.03. The van der Waals surface area contributed by atoms with Gasteiger partial charge in [-0.1, -0.05) is 54.6 Å². The molecule has 144 valence electrons. The molecule has 4 aromatic carbocycles. The Morgan fingerprint density at radius 3 is 2.26 bits per heavy atom. The zero-order valence-corrected chi connectivity index (χ0v) is 17.9. The second kappa shape index (κ2) is 5.61. The summed E-state index contributed by atoms with van der Waals surface area (Å²) in [6.45, 7) is 0. The fraction of sp³-hybridized carbons (Fsp3) is 0. The molecule has 8 rings (SSSR count). The minimum Gasteiger partial charge on any atom is -0.298 e. The van der Waals surface area contributed by atoms with Crippen LogP contribution in [-0.2, 0) is 0 Å². The predicted molar refractivity (Wildman–Crippen MR) is 136 cm³/mol. The normalized spacial score (nSPS) is 12.5. The van der Waals surface area contributed by atoms with E-state index in [1.54, 1.807) is 0 Å². The van der Waals surface area contributed by atoms with Crippen molar-refractivity contribution in [2.75, 3.05) is 0 Å². The van der Waals surface area contributed by atoms with Crippen LogP contribution in [0.1, 0.15) is 0 Å². The Kier molecular flexibility index (Phi) is 2.94. The fourth-order valence-electron chi connectivity index (χ4n) is 5.10. The topological polar surface area (TPSA) is 17.3 Å². The van der Waals surface area contributed by atoms with Crippen molar-refractivity contribution in [1.82, 2.24) is 9.38 Å². The maximum atomic E-state index is 4.70. The van der Waals surface area contributed by atoms with E-state index < -0.39 is 0 Å². The molecule has 0 fully saturated rings. The molecule has 0 N–H and O–H groups in total. The van der Waals surface area contributed by atoms with Crippen molar-refractivity contribution in [2.45, 2.75) is 0 Å². The molecule has 8 aromatic rings. The molecule has 0 saturated carbocycles. The van der Waals surface area contributed by atoms with E-state index in [0.717, 1.165) is 5.65 Å². The summed E-state index contributed by atoms with van der Waals surface area (Å²) >= 11 is 3.79. The van der Waals surface area contributed by atoms with Gasteiger partial charge in [0.05, 0.1) is 10.2 Å². The molecule has 4 aromatic heterocycles. The summed E-state index contributed by atoms with van der Waals surface area (Å²) in [5.41, 5.74) is 2.29. The Morgan fingerprint density at radius 1 is 0.581 bits per heavy atom. The van der Waals surface area contributed by atoms with Crippen molar-refractivity contribution in [3.63, 3.8) is 0 Å². The maximum absolute atomic E-state index is 4.70. The zero-order chi connectivity index (χ0) is 20.1. The van der Waals surface area contributed by atoms with E-state index in [4.69, 9.17) is 4.98 Å². The van der Waals surface area contributed by atoms with Gasteiger partial charge in [0.1, 0.15) is 5.65 Å². The first-order valence-corrected chi connectivity index (χ1v) is 11.9. The molecular weight excluding hydrogens is 416 g/mol. The summed E-state index contributed by atoms with van der Waals surface area (Å²) in [7, 11) is 0. The number of hydrogen-bond acceptors (Lipinski definition) is 3. The lowest BCUT2D eigenvalue weighted by Crippen LogP contribution is -1.90. The molecule has 2 nitrogen and oxygen atoms in total. The van der Waals surface area contributed by atoms with Crippen molar-refractivity contribution in [3.8, 4) is 0 Å². The molecule has 0 aliphatic carbocycles. The quantitative estimate of drug-likeness (QED) is 0.221. The second-order valence-corrected chi connectivity index (χ2v) is 10.2. The summed E-state index contributed by atoms with van der Waals surface area (Å²) in [5, 5.41) is 9.14. The van der Waals surface area contributed by atoms with Crippen LogP contribution in [0, 0.1) is 0 Å². The van der Waals surface area contributed by atoms with E-state index in [9.17, 15) is 0 Å². The van der Waals surface area contributed by atoms with Crippen molar-refractivity contribution in [3.05, 3.63) is 85.2 Å². The number of rotatable bonds is 0. The molecule has 0 atom stereocenters. The van der Waals surface area contributed by atoms with Crippen LogP contribution < -0.4 is 0 Å². The Morgan fingerprint density at radius 2 is 1.32 bits per heavy atom. The summed E-state index contributed by atoms with van der Waals surface area (Å²) in [4.78, 5) is 4.70. The smallest absolute Gasteiger partial charge is 0.145 e. The van der Waals surface area contributed by atoms with E-state index in [-0.39, 0.29) is 0 Å². The third-order valence-corrected chi connectivity index (χ3v) is 8.76. The number of pyridine rings is 1. The van der Waals surface area contributed by atoms with E-state index in [2.05, 4.69) is 83.4 Å². The highest BCUT2D eigenvalue weighted by Crippen LogP contribution is 2.44. The Hall–Kier alpha value is -3.47. The Labute approximate surface area is 184 Å². The van der Waals surface area contributed by atoms with Gasteiger partial charge in [0.2, 0.25) is 0 Å². The van der Waals surface area contributed by atoms with Crippen LogP contribution in [0.15, 0.2) is 85.2 Å². The van der Waals surface area contributed by atoms with Crippen LogP contribution in [0.3, 0.4) is 0 Å². The second-order valence-electron chi connectivity index (χ2n) is 8.05. The summed E-state index contributed by atoms with van der Waals surface area (Å²) in [5.74, 6) is 0. The molecule has 0 radical (unpaired) electrons. The minimum atomic E-state index is 1.03. The fourth-order valence-corrected chi connectivity index (χ4v) is 7.57. The molecular formula is C27H14N2S2. The highest BCUT2D eigenvalue weighted by atomic mass is 32.1. The van der Waals surface area contributed by atoms with Crippen LogP contribution in [0.2, 0.25) is 0 Å². The van der Waals surface area contributed by atoms with Crippen molar-refractivity contribution in [1.29, 1.82) is 0 Å². The molecule has 0 aliphatic heterocycles. The van der Waals surface area contributed by atoms with Gasteiger partial charge in [-0.05, 0) is 23.6 Å². The van der Waals surface area contributed by atoms with Crippen LogP contribution in [0.5, 0.6) is 0 Å². The first-order chi connectivity index (χ1) is 15.4. The van der Waals surface area contributed by atoms with E-state index >= 15 is 0 Å². The van der Waals surface area contributed by atoms with E-state index in [1.165, 1.54) is 62.0 Å². The number of fused-ring (bicyclic) bond motifs is 13. The number of hydrogen-bond donors (Lipinski definition) is 0. The number of imidazole rings is 1. The number of thiophene rings is 2. The molecule has 0 unspecified atom stereocenters. The molecule has 31 heavy (non-hydrogen) atoms. The molecule has 0 aliphatic rings. The van der Waals surface area contributed by atoms with Gasteiger partial charge in [-0.25, -0.2) is 4.98 Å². The van der Waals surface area contributed by atoms with E-state index in [1.807, 2.05) is 28.9 Å².